The number of rotatable bonds is 4. The molecule has 1 aliphatic rings. The molecule has 3 aromatic rings. The van der Waals surface area contributed by atoms with Crippen LogP contribution in [0.1, 0.15) is 30.5 Å². The Labute approximate surface area is 176 Å². The third-order valence-corrected chi connectivity index (χ3v) is 5.66. The number of fused-ring (bicyclic) bond motifs is 1. The highest BCUT2D eigenvalue weighted by Gasteiger charge is 2.28. The summed E-state index contributed by atoms with van der Waals surface area (Å²) in [7, 11) is 0. The Morgan fingerprint density at radius 2 is 2.00 bits per heavy atom. The lowest BCUT2D eigenvalue weighted by molar-refractivity contribution is -0.123. The maximum absolute atomic E-state index is 12.8. The molecule has 1 aromatic heterocycles. The first-order valence-electron chi connectivity index (χ1n) is 10.2. The number of nitrogens with one attached hydrogen (secondary N) is 1. The highest BCUT2D eigenvalue weighted by molar-refractivity contribution is 5.95. The van der Waals surface area contributed by atoms with Gasteiger partial charge in [-0.25, -0.2) is 0 Å². The molecule has 30 heavy (non-hydrogen) atoms. The third-order valence-electron chi connectivity index (χ3n) is 5.66. The van der Waals surface area contributed by atoms with Crippen LogP contribution in [0, 0.1) is 17.2 Å². The Morgan fingerprint density at radius 1 is 1.20 bits per heavy atom. The number of carbonyl (C=O) groups is 1. The molecule has 1 unspecified atom stereocenters. The summed E-state index contributed by atoms with van der Waals surface area (Å²) in [5.74, 6) is 0.242. The minimum absolute atomic E-state index is 0.00150. The number of hydrogen-bond donors (Lipinski definition) is 2. The van der Waals surface area contributed by atoms with Gasteiger partial charge in [0.15, 0.2) is 0 Å². The van der Waals surface area contributed by atoms with Crippen molar-refractivity contribution in [2.45, 2.75) is 25.4 Å². The molecule has 152 valence electrons. The number of piperidine rings is 1. The van der Waals surface area contributed by atoms with Crippen LogP contribution >= 0.6 is 0 Å². The summed E-state index contributed by atoms with van der Waals surface area (Å²) in [6.07, 6.45) is 2.61. The molecular formula is C24H25N5O. The number of carbonyl (C=O) groups excluding carboxylic acids is 1. The molecule has 0 saturated carbocycles. The lowest BCUT2D eigenvalue weighted by atomic mass is 9.94. The number of anilines is 1. The first-order chi connectivity index (χ1) is 14.6. The second-order valence-corrected chi connectivity index (χ2v) is 7.98. The SMILES string of the molecule is C[C@H]1C[C@@H](NC(=O)C(N)c2ccccc2)CN(c2ccc(C#N)c3ncccc23)C1. The summed E-state index contributed by atoms with van der Waals surface area (Å²) in [5.41, 5.74) is 9.30. The summed E-state index contributed by atoms with van der Waals surface area (Å²) >= 11 is 0. The van der Waals surface area contributed by atoms with E-state index in [0.717, 1.165) is 29.6 Å². The number of pyridine rings is 1. The fraction of sp³-hybridized carbons (Fsp3) is 0.292. The second-order valence-electron chi connectivity index (χ2n) is 7.98. The molecule has 0 radical (unpaired) electrons. The van der Waals surface area contributed by atoms with Gasteiger partial charge in [-0.05, 0) is 42.2 Å². The van der Waals surface area contributed by atoms with Gasteiger partial charge in [-0.3, -0.25) is 9.78 Å². The van der Waals surface area contributed by atoms with Crippen molar-refractivity contribution in [3.05, 3.63) is 71.9 Å². The number of benzene rings is 2. The Bertz CT molecular complexity index is 1090. The van der Waals surface area contributed by atoms with Gasteiger partial charge < -0.3 is 16.0 Å². The van der Waals surface area contributed by atoms with Crippen molar-refractivity contribution in [3.63, 3.8) is 0 Å². The Hall–Kier alpha value is -3.43. The number of amides is 1. The van der Waals surface area contributed by atoms with Gasteiger partial charge in [0.05, 0.1) is 11.1 Å². The van der Waals surface area contributed by atoms with Crippen LogP contribution in [0.2, 0.25) is 0 Å². The number of nitrogens with two attached hydrogens (primary N) is 1. The van der Waals surface area contributed by atoms with Crippen LogP contribution < -0.4 is 16.0 Å². The quantitative estimate of drug-likeness (QED) is 0.703. The van der Waals surface area contributed by atoms with Gasteiger partial charge in [-0.15, -0.1) is 0 Å². The summed E-state index contributed by atoms with van der Waals surface area (Å²) in [4.78, 5) is 19.4. The largest absolute Gasteiger partial charge is 0.369 e. The minimum Gasteiger partial charge on any atom is -0.369 e. The van der Waals surface area contributed by atoms with Crippen molar-refractivity contribution >= 4 is 22.5 Å². The standard InChI is InChI=1S/C24H25N5O/c1-16-12-19(28-24(30)22(26)17-6-3-2-4-7-17)15-29(14-16)21-10-9-18(13-25)23-20(21)8-5-11-27-23/h2-11,16,19,22H,12,14-15,26H2,1H3,(H,28,30)/t16-,19+,22?/m0/s1. The smallest absolute Gasteiger partial charge is 0.241 e. The topological polar surface area (TPSA) is 95.0 Å². The molecule has 0 bridgehead atoms. The van der Waals surface area contributed by atoms with Crippen LogP contribution in [-0.2, 0) is 4.79 Å². The van der Waals surface area contributed by atoms with Gasteiger partial charge in [0.25, 0.3) is 0 Å². The molecule has 1 aliphatic heterocycles. The fourth-order valence-electron chi connectivity index (χ4n) is 4.28. The third kappa shape index (κ3) is 3.98. The van der Waals surface area contributed by atoms with E-state index in [1.165, 1.54) is 0 Å². The van der Waals surface area contributed by atoms with E-state index in [2.05, 4.69) is 28.2 Å². The predicted molar refractivity (Wildman–Crippen MR) is 118 cm³/mol. The van der Waals surface area contributed by atoms with Crippen LogP contribution in [0.5, 0.6) is 0 Å². The van der Waals surface area contributed by atoms with Crippen molar-refractivity contribution in [3.8, 4) is 6.07 Å². The van der Waals surface area contributed by atoms with Gasteiger partial charge in [-0.2, -0.15) is 5.26 Å². The van der Waals surface area contributed by atoms with E-state index in [1.807, 2.05) is 54.6 Å². The van der Waals surface area contributed by atoms with Crippen molar-refractivity contribution in [2.24, 2.45) is 11.7 Å². The van der Waals surface area contributed by atoms with E-state index in [4.69, 9.17) is 5.73 Å². The molecule has 2 heterocycles. The molecule has 1 fully saturated rings. The molecule has 1 saturated heterocycles. The molecular weight excluding hydrogens is 374 g/mol. The summed E-state index contributed by atoms with van der Waals surface area (Å²) in [6, 6.07) is 18.6. The summed E-state index contributed by atoms with van der Waals surface area (Å²) in [6.45, 7) is 3.76. The zero-order chi connectivity index (χ0) is 21.1. The Balaban J connectivity index is 1.55. The van der Waals surface area contributed by atoms with Gasteiger partial charge in [0.2, 0.25) is 5.91 Å². The molecule has 0 aliphatic carbocycles. The zero-order valence-electron chi connectivity index (χ0n) is 17.0. The second kappa shape index (κ2) is 8.52. The predicted octanol–water partition coefficient (Wildman–Crippen LogP) is 3.14. The molecule has 4 rings (SSSR count). The Morgan fingerprint density at radius 3 is 2.77 bits per heavy atom. The molecule has 6 heteroatoms. The first kappa shape index (κ1) is 19.9. The monoisotopic (exact) mass is 399 g/mol. The lowest BCUT2D eigenvalue weighted by Crippen LogP contribution is -2.52. The van der Waals surface area contributed by atoms with Crippen LogP contribution in [-0.4, -0.2) is 30.0 Å². The number of nitriles is 1. The van der Waals surface area contributed by atoms with E-state index in [0.29, 0.717) is 23.5 Å². The molecule has 2 aromatic carbocycles. The van der Waals surface area contributed by atoms with E-state index in [1.54, 1.807) is 6.20 Å². The molecule has 3 N–H and O–H groups in total. The molecule has 0 spiro atoms. The molecule has 1 amide bonds. The van der Waals surface area contributed by atoms with Gasteiger partial charge in [0.1, 0.15) is 12.1 Å². The van der Waals surface area contributed by atoms with E-state index in [9.17, 15) is 10.1 Å². The number of hydrogen-bond acceptors (Lipinski definition) is 5. The lowest BCUT2D eigenvalue weighted by Gasteiger charge is -2.39. The molecule has 6 nitrogen and oxygen atoms in total. The van der Waals surface area contributed by atoms with Crippen LogP contribution in [0.4, 0.5) is 5.69 Å². The van der Waals surface area contributed by atoms with Gasteiger partial charge in [0, 0.05) is 36.4 Å². The minimum atomic E-state index is -0.683. The highest BCUT2D eigenvalue weighted by Crippen LogP contribution is 2.31. The Kier molecular flexibility index (Phi) is 5.64. The van der Waals surface area contributed by atoms with Crippen LogP contribution in [0.3, 0.4) is 0 Å². The average Bonchev–Trinajstić information content (AvgIpc) is 2.78. The maximum atomic E-state index is 12.8. The van der Waals surface area contributed by atoms with E-state index >= 15 is 0 Å². The van der Waals surface area contributed by atoms with Crippen molar-refractivity contribution in [2.75, 3.05) is 18.0 Å². The normalized spacial score (nSPS) is 19.8. The fourth-order valence-corrected chi connectivity index (χ4v) is 4.28. The van der Waals surface area contributed by atoms with Gasteiger partial charge in [-0.1, -0.05) is 37.3 Å². The average molecular weight is 399 g/mol. The number of nitrogens with zero attached hydrogens (tertiary/aromatic N) is 3. The summed E-state index contributed by atoms with van der Waals surface area (Å²) in [5, 5.41) is 13.5. The van der Waals surface area contributed by atoms with Crippen molar-refractivity contribution in [1.82, 2.24) is 10.3 Å². The van der Waals surface area contributed by atoms with Crippen molar-refractivity contribution in [1.29, 1.82) is 5.26 Å². The molecule has 3 atom stereocenters. The zero-order valence-corrected chi connectivity index (χ0v) is 17.0. The van der Waals surface area contributed by atoms with Crippen LogP contribution in [0.15, 0.2) is 60.8 Å². The first-order valence-corrected chi connectivity index (χ1v) is 10.2. The summed E-state index contributed by atoms with van der Waals surface area (Å²) < 4.78 is 0. The van der Waals surface area contributed by atoms with Crippen molar-refractivity contribution < 1.29 is 4.79 Å². The highest BCUT2D eigenvalue weighted by atomic mass is 16.2. The van der Waals surface area contributed by atoms with Crippen LogP contribution in [0.25, 0.3) is 10.9 Å². The van der Waals surface area contributed by atoms with Gasteiger partial charge >= 0.3 is 0 Å². The van der Waals surface area contributed by atoms with E-state index in [-0.39, 0.29) is 11.9 Å². The van der Waals surface area contributed by atoms with E-state index < -0.39 is 6.04 Å². The maximum Gasteiger partial charge on any atom is 0.241 e. The number of aromatic nitrogens is 1.